The van der Waals surface area contributed by atoms with E-state index in [-0.39, 0.29) is 24.7 Å². The van der Waals surface area contributed by atoms with Crippen molar-refractivity contribution < 1.29 is 28.2 Å². The van der Waals surface area contributed by atoms with Crippen molar-refractivity contribution in [2.45, 2.75) is 64.7 Å². The molecule has 1 aromatic carbocycles. The van der Waals surface area contributed by atoms with Gasteiger partial charge in [0, 0.05) is 48.1 Å². The molecule has 3 aromatic heterocycles. The van der Waals surface area contributed by atoms with Gasteiger partial charge in [-0.3, -0.25) is 4.79 Å². The van der Waals surface area contributed by atoms with Crippen LogP contribution < -0.4 is 15.0 Å². The highest BCUT2D eigenvalue weighted by Gasteiger charge is 2.33. The van der Waals surface area contributed by atoms with Crippen molar-refractivity contribution in [1.82, 2.24) is 24.8 Å². The largest absolute Gasteiger partial charge is 0.489 e. The quantitative estimate of drug-likeness (QED) is 0.267. The number of hydrogen-bond donors (Lipinski definition) is 1. The molecule has 50 heavy (non-hydrogen) atoms. The number of rotatable bonds is 7. The smallest absolute Gasteiger partial charge is 0.410 e. The van der Waals surface area contributed by atoms with Crippen LogP contribution >= 0.6 is 0 Å². The number of ether oxygens (including phenoxy) is 3. The maximum absolute atomic E-state index is 13.8. The van der Waals surface area contributed by atoms with Crippen LogP contribution in [0.1, 0.15) is 62.0 Å². The molecule has 0 aliphatic carbocycles. The van der Waals surface area contributed by atoms with E-state index in [2.05, 4.69) is 21.4 Å². The molecule has 262 valence electrons. The molecule has 5 heterocycles. The second-order valence-electron chi connectivity index (χ2n) is 14.1. The second kappa shape index (κ2) is 14.0. The van der Waals surface area contributed by atoms with Crippen LogP contribution in [-0.4, -0.2) is 88.1 Å². The average molecular weight is 684 g/mol. The van der Waals surface area contributed by atoms with Gasteiger partial charge < -0.3 is 29.3 Å². The predicted octanol–water partition coefficient (Wildman–Crippen LogP) is 5.52. The van der Waals surface area contributed by atoms with Crippen molar-refractivity contribution in [3.63, 3.8) is 0 Å². The molecule has 2 aliphatic rings. The summed E-state index contributed by atoms with van der Waals surface area (Å²) in [6.07, 6.45) is 5.66. The Morgan fingerprint density at radius 1 is 1.14 bits per heavy atom. The molecule has 0 bridgehead atoms. The van der Waals surface area contributed by atoms with Gasteiger partial charge in [-0.15, -0.1) is 0 Å². The lowest BCUT2D eigenvalue weighted by molar-refractivity contribution is -0.0557. The number of fused-ring (bicyclic) bond motifs is 1. The van der Waals surface area contributed by atoms with Gasteiger partial charge in [-0.05, 0) is 83.4 Å². The maximum atomic E-state index is 13.8. The number of anilines is 1. The van der Waals surface area contributed by atoms with E-state index in [4.69, 9.17) is 19.2 Å². The molecule has 2 fully saturated rings. The number of amides is 2. The Morgan fingerprint density at radius 3 is 2.62 bits per heavy atom. The highest BCUT2D eigenvalue weighted by molar-refractivity contribution is 5.96. The Morgan fingerprint density at radius 2 is 1.92 bits per heavy atom. The van der Waals surface area contributed by atoms with Crippen LogP contribution in [0.3, 0.4) is 0 Å². The molecule has 0 spiro atoms. The SMILES string of the molecule is Cc1ccc(F)cc1C(=O)NC1(C)CCN(c2ccc(-c3cc(OC[C@@H]4CN(C(=O)OC(C)(C)C)CCO4)cn4ncc(C#N)c34)cn2)CC1. The summed E-state index contributed by atoms with van der Waals surface area (Å²) in [6, 6.07) is 12.2. The number of carbonyl (C=O) groups excluding carboxylic acids is 2. The van der Waals surface area contributed by atoms with Crippen LogP contribution in [0.5, 0.6) is 5.75 Å². The van der Waals surface area contributed by atoms with E-state index in [9.17, 15) is 19.2 Å². The van der Waals surface area contributed by atoms with Gasteiger partial charge in [0.15, 0.2) is 0 Å². The van der Waals surface area contributed by atoms with E-state index in [0.717, 1.165) is 22.5 Å². The van der Waals surface area contributed by atoms with Gasteiger partial charge in [0.25, 0.3) is 5.91 Å². The number of piperidine rings is 1. The van der Waals surface area contributed by atoms with E-state index in [1.54, 1.807) is 34.8 Å². The number of nitrogens with one attached hydrogen (secondary N) is 1. The zero-order valence-electron chi connectivity index (χ0n) is 29.0. The first-order chi connectivity index (χ1) is 23.8. The molecule has 0 radical (unpaired) electrons. The van der Waals surface area contributed by atoms with Gasteiger partial charge in [-0.2, -0.15) is 10.4 Å². The number of aryl methyl sites for hydroxylation is 1. The van der Waals surface area contributed by atoms with Crippen LogP contribution in [0.25, 0.3) is 16.6 Å². The number of halogens is 1. The molecule has 0 saturated carbocycles. The Balaban J connectivity index is 1.13. The first-order valence-corrected chi connectivity index (χ1v) is 16.7. The van der Waals surface area contributed by atoms with Crippen molar-refractivity contribution in [3.05, 3.63) is 77.5 Å². The van der Waals surface area contributed by atoms with Crippen molar-refractivity contribution in [2.24, 2.45) is 0 Å². The molecule has 2 amide bonds. The summed E-state index contributed by atoms with van der Waals surface area (Å²) in [6.45, 7) is 12.0. The molecule has 12 nitrogen and oxygen atoms in total. The van der Waals surface area contributed by atoms with Crippen LogP contribution in [0.15, 0.2) is 55.0 Å². The highest BCUT2D eigenvalue weighted by atomic mass is 19.1. The van der Waals surface area contributed by atoms with Gasteiger partial charge in [0.2, 0.25) is 0 Å². The van der Waals surface area contributed by atoms with Crippen LogP contribution in [0.4, 0.5) is 15.0 Å². The Bertz CT molecular complexity index is 1920. The van der Waals surface area contributed by atoms with E-state index in [1.807, 2.05) is 45.9 Å². The summed E-state index contributed by atoms with van der Waals surface area (Å²) < 4.78 is 33.0. The molecular formula is C37H42FN7O5. The molecule has 2 aliphatic heterocycles. The zero-order valence-corrected chi connectivity index (χ0v) is 29.0. The first kappa shape index (κ1) is 34.6. The van der Waals surface area contributed by atoms with E-state index in [0.29, 0.717) is 68.0 Å². The monoisotopic (exact) mass is 683 g/mol. The van der Waals surface area contributed by atoms with Crippen molar-refractivity contribution in [3.8, 4) is 22.9 Å². The molecule has 0 unspecified atom stereocenters. The number of nitrogens with zero attached hydrogens (tertiary/aromatic N) is 6. The number of carbonyl (C=O) groups is 2. The van der Waals surface area contributed by atoms with Crippen LogP contribution in [-0.2, 0) is 9.47 Å². The predicted molar refractivity (Wildman–Crippen MR) is 185 cm³/mol. The fourth-order valence-corrected chi connectivity index (χ4v) is 6.25. The Labute approximate surface area is 290 Å². The summed E-state index contributed by atoms with van der Waals surface area (Å²) in [5, 5.41) is 17.3. The topological polar surface area (TPSA) is 134 Å². The highest BCUT2D eigenvalue weighted by Crippen LogP contribution is 2.33. The van der Waals surface area contributed by atoms with Crippen LogP contribution in [0, 0.1) is 24.1 Å². The molecule has 2 saturated heterocycles. The van der Waals surface area contributed by atoms with Gasteiger partial charge in [0.1, 0.15) is 41.8 Å². The summed E-state index contributed by atoms with van der Waals surface area (Å²) >= 11 is 0. The third-order valence-corrected chi connectivity index (χ3v) is 9.04. The van der Waals surface area contributed by atoms with Crippen molar-refractivity contribution in [1.29, 1.82) is 5.26 Å². The second-order valence-corrected chi connectivity index (χ2v) is 14.1. The van der Waals surface area contributed by atoms with Gasteiger partial charge >= 0.3 is 6.09 Å². The van der Waals surface area contributed by atoms with Gasteiger partial charge in [-0.25, -0.2) is 18.7 Å². The van der Waals surface area contributed by atoms with Crippen molar-refractivity contribution in [2.75, 3.05) is 44.3 Å². The van der Waals surface area contributed by atoms with Gasteiger partial charge in [-0.1, -0.05) is 6.07 Å². The minimum atomic E-state index is -0.591. The molecule has 4 aromatic rings. The van der Waals surface area contributed by atoms with E-state index in [1.165, 1.54) is 18.3 Å². The number of aromatic nitrogens is 3. The Kier molecular flexibility index (Phi) is 9.67. The number of pyridine rings is 2. The summed E-state index contributed by atoms with van der Waals surface area (Å²) in [4.78, 5) is 34.2. The first-order valence-electron chi connectivity index (χ1n) is 16.7. The molecule has 1 atom stereocenters. The lowest BCUT2D eigenvalue weighted by Crippen LogP contribution is -2.53. The fraction of sp³-hybridized carbons (Fsp3) is 0.432. The fourth-order valence-electron chi connectivity index (χ4n) is 6.25. The van der Waals surface area contributed by atoms with Gasteiger partial charge in [0.05, 0.1) is 36.6 Å². The molecule has 6 rings (SSSR count). The lowest BCUT2D eigenvalue weighted by atomic mass is 9.89. The molecule has 1 N–H and O–H groups in total. The third kappa shape index (κ3) is 7.81. The number of nitriles is 1. The molecule has 13 heteroatoms. The zero-order chi connectivity index (χ0) is 35.6. The summed E-state index contributed by atoms with van der Waals surface area (Å²) in [5.41, 5.74) is 2.62. The number of hydrogen-bond acceptors (Lipinski definition) is 9. The maximum Gasteiger partial charge on any atom is 0.410 e. The summed E-state index contributed by atoms with van der Waals surface area (Å²) in [5.74, 6) is 0.607. The third-order valence-electron chi connectivity index (χ3n) is 9.04. The van der Waals surface area contributed by atoms with Crippen LogP contribution in [0.2, 0.25) is 0 Å². The summed E-state index contributed by atoms with van der Waals surface area (Å²) in [7, 11) is 0. The minimum absolute atomic E-state index is 0.198. The molecular weight excluding hydrogens is 641 g/mol. The van der Waals surface area contributed by atoms with E-state index >= 15 is 0 Å². The lowest BCUT2D eigenvalue weighted by Gasteiger charge is -2.40. The normalized spacial score (nSPS) is 17.7. The minimum Gasteiger partial charge on any atom is -0.489 e. The Hall–Kier alpha value is -5.22. The standard InChI is InChI=1S/C37H42FN7O5/c1-24-6-8-27(38)16-30(24)34(46)42-37(5)10-12-43(13-11-37)32-9-7-25(19-40-32)31-17-28(22-45-33(31)26(18-39)20-41-45)49-23-29-21-44(14-15-48-29)35(47)50-36(2,3)4/h6-9,16-17,19-20,22,29H,10-15,21,23H2,1-5H3,(H,42,46)/t29-/m0/s1. The number of benzene rings is 1. The average Bonchev–Trinajstić information content (AvgIpc) is 3.51. The van der Waals surface area contributed by atoms with E-state index < -0.39 is 17.0 Å². The van der Waals surface area contributed by atoms with Crippen molar-refractivity contribution >= 4 is 23.3 Å². The number of morpholine rings is 1.